The molecule has 0 radical (unpaired) electrons. The molecule has 0 aliphatic carbocycles. The fourth-order valence-corrected chi connectivity index (χ4v) is 2.27. The second-order valence-electron chi connectivity index (χ2n) is 4.87. The van der Waals surface area contributed by atoms with Gasteiger partial charge in [0.2, 0.25) is 0 Å². The molecule has 0 atom stereocenters. The summed E-state index contributed by atoms with van der Waals surface area (Å²) >= 11 is 0. The van der Waals surface area contributed by atoms with Crippen LogP contribution >= 0.6 is 12.4 Å². The third-order valence-electron chi connectivity index (χ3n) is 3.24. The van der Waals surface area contributed by atoms with Crippen LogP contribution in [-0.4, -0.2) is 18.5 Å². The average Bonchev–Trinajstić information content (AvgIpc) is 3.09. The summed E-state index contributed by atoms with van der Waals surface area (Å²) in [7, 11) is 2.09. The van der Waals surface area contributed by atoms with Crippen LogP contribution in [-0.2, 0) is 6.54 Å². The van der Waals surface area contributed by atoms with Gasteiger partial charge in [0.1, 0.15) is 11.3 Å². The number of hydrogen-bond acceptors (Lipinski definition) is 3. The number of hydrogen-bond donors (Lipinski definition) is 0. The van der Waals surface area contributed by atoms with Gasteiger partial charge in [0, 0.05) is 24.0 Å². The van der Waals surface area contributed by atoms with E-state index in [1.807, 2.05) is 24.3 Å². The zero-order valence-corrected chi connectivity index (χ0v) is 12.7. The predicted molar refractivity (Wildman–Crippen MR) is 87.5 cm³/mol. The standard InChI is InChI=1S/C17H17NO2.ClH/c1-18(10-3-7-16-8-4-11-19-16)13-15-6-2-5-14-9-12-20-17(14)15;/h2-9,11-12H,10,13H2,1H3;1H/b7-3+;. The highest BCUT2D eigenvalue weighted by atomic mass is 35.5. The predicted octanol–water partition coefficient (Wildman–Crippen LogP) is 4.59. The van der Waals surface area contributed by atoms with Crippen LogP contribution in [0, 0.1) is 0 Å². The summed E-state index contributed by atoms with van der Waals surface area (Å²) in [6.45, 7) is 1.71. The van der Waals surface area contributed by atoms with Gasteiger partial charge in [-0.05, 0) is 31.3 Å². The first-order valence-electron chi connectivity index (χ1n) is 6.66. The smallest absolute Gasteiger partial charge is 0.138 e. The SMILES string of the molecule is CN(C/C=C/c1ccco1)Cc1cccc2ccoc12.Cl. The molecule has 0 N–H and O–H groups in total. The minimum atomic E-state index is 0. The Morgan fingerprint density at radius 3 is 2.76 bits per heavy atom. The van der Waals surface area contributed by atoms with E-state index < -0.39 is 0 Å². The van der Waals surface area contributed by atoms with Crippen molar-refractivity contribution in [3.8, 4) is 0 Å². The molecule has 0 bridgehead atoms. The summed E-state index contributed by atoms with van der Waals surface area (Å²) in [5, 5.41) is 1.15. The summed E-state index contributed by atoms with van der Waals surface area (Å²) in [6.07, 6.45) is 7.51. The molecule has 0 spiro atoms. The molecule has 110 valence electrons. The average molecular weight is 304 g/mol. The van der Waals surface area contributed by atoms with Crippen molar-refractivity contribution in [2.75, 3.05) is 13.6 Å². The van der Waals surface area contributed by atoms with E-state index in [2.05, 4.69) is 36.2 Å². The van der Waals surface area contributed by atoms with Crippen LogP contribution in [0.2, 0.25) is 0 Å². The highest BCUT2D eigenvalue weighted by Gasteiger charge is 2.05. The van der Waals surface area contributed by atoms with Crippen LogP contribution in [0.5, 0.6) is 0 Å². The number of para-hydroxylation sites is 1. The zero-order valence-electron chi connectivity index (χ0n) is 11.9. The van der Waals surface area contributed by atoms with Crippen molar-refractivity contribution < 1.29 is 8.83 Å². The molecule has 0 fully saturated rings. The van der Waals surface area contributed by atoms with Gasteiger partial charge in [-0.1, -0.05) is 24.3 Å². The third kappa shape index (κ3) is 3.78. The summed E-state index contributed by atoms with van der Waals surface area (Å²) in [4.78, 5) is 2.23. The molecule has 2 heterocycles. The molecule has 0 unspecified atom stereocenters. The molecule has 0 amide bonds. The molecule has 2 aromatic heterocycles. The Morgan fingerprint density at radius 1 is 1.05 bits per heavy atom. The molecule has 3 rings (SSSR count). The van der Waals surface area contributed by atoms with Crippen molar-refractivity contribution >= 4 is 29.5 Å². The maximum atomic E-state index is 5.55. The lowest BCUT2D eigenvalue weighted by atomic mass is 10.1. The van der Waals surface area contributed by atoms with E-state index in [-0.39, 0.29) is 12.4 Å². The normalized spacial score (nSPS) is 11.3. The Morgan fingerprint density at radius 2 is 1.95 bits per heavy atom. The van der Waals surface area contributed by atoms with Crippen molar-refractivity contribution in [1.29, 1.82) is 0 Å². The van der Waals surface area contributed by atoms with Gasteiger partial charge in [0.15, 0.2) is 0 Å². The summed E-state index contributed by atoms with van der Waals surface area (Å²) < 4.78 is 10.8. The zero-order chi connectivity index (χ0) is 13.8. The van der Waals surface area contributed by atoms with Gasteiger partial charge in [-0.3, -0.25) is 4.90 Å². The van der Waals surface area contributed by atoms with Crippen LogP contribution in [0.3, 0.4) is 0 Å². The van der Waals surface area contributed by atoms with Crippen molar-refractivity contribution in [3.05, 3.63) is 66.3 Å². The van der Waals surface area contributed by atoms with E-state index in [0.29, 0.717) is 0 Å². The molecule has 3 nitrogen and oxygen atoms in total. The number of halogens is 1. The Labute approximate surface area is 130 Å². The van der Waals surface area contributed by atoms with Crippen LogP contribution in [0.4, 0.5) is 0 Å². The van der Waals surface area contributed by atoms with Gasteiger partial charge in [0.05, 0.1) is 12.5 Å². The highest BCUT2D eigenvalue weighted by Crippen LogP contribution is 2.20. The Balaban J connectivity index is 0.00000161. The minimum Gasteiger partial charge on any atom is -0.465 e. The lowest BCUT2D eigenvalue weighted by Gasteiger charge is -2.14. The molecule has 0 aliphatic rings. The molecule has 0 aliphatic heterocycles. The van der Waals surface area contributed by atoms with Crippen LogP contribution in [0.1, 0.15) is 11.3 Å². The first-order chi connectivity index (χ1) is 9.83. The van der Waals surface area contributed by atoms with E-state index in [0.717, 1.165) is 29.8 Å². The lowest BCUT2D eigenvalue weighted by Crippen LogP contribution is -2.17. The molecule has 3 aromatic rings. The third-order valence-corrected chi connectivity index (χ3v) is 3.24. The Hall–Kier alpha value is -1.97. The number of likely N-dealkylation sites (N-methyl/N-ethyl adjacent to an activating group) is 1. The summed E-state index contributed by atoms with van der Waals surface area (Å²) in [5.74, 6) is 0.881. The molecule has 1 aromatic carbocycles. The molecule has 21 heavy (non-hydrogen) atoms. The Kier molecular flexibility index (Phi) is 5.26. The first kappa shape index (κ1) is 15.4. The molecule has 0 saturated heterocycles. The van der Waals surface area contributed by atoms with Crippen LogP contribution in [0.15, 0.2) is 63.8 Å². The van der Waals surface area contributed by atoms with Crippen molar-refractivity contribution in [2.24, 2.45) is 0 Å². The number of fused-ring (bicyclic) bond motifs is 1. The van der Waals surface area contributed by atoms with E-state index >= 15 is 0 Å². The van der Waals surface area contributed by atoms with E-state index in [9.17, 15) is 0 Å². The van der Waals surface area contributed by atoms with E-state index in [1.165, 1.54) is 5.56 Å². The quantitative estimate of drug-likeness (QED) is 0.690. The fourth-order valence-electron chi connectivity index (χ4n) is 2.27. The second kappa shape index (κ2) is 7.16. The molecule has 4 heteroatoms. The number of furan rings is 2. The van der Waals surface area contributed by atoms with E-state index in [4.69, 9.17) is 8.83 Å². The number of benzene rings is 1. The van der Waals surface area contributed by atoms with Gasteiger partial charge in [-0.15, -0.1) is 12.4 Å². The second-order valence-corrected chi connectivity index (χ2v) is 4.87. The molecule has 0 saturated carbocycles. The van der Waals surface area contributed by atoms with Crippen LogP contribution in [0.25, 0.3) is 17.0 Å². The van der Waals surface area contributed by atoms with Gasteiger partial charge in [-0.25, -0.2) is 0 Å². The molecular formula is C17H18ClNO2. The number of rotatable bonds is 5. The maximum Gasteiger partial charge on any atom is 0.138 e. The summed E-state index contributed by atoms with van der Waals surface area (Å²) in [5.41, 5.74) is 2.19. The maximum absolute atomic E-state index is 5.55. The summed E-state index contributed by atoms with van der Waals surface area (Å²) in [6, 6.07) is 12.1. The Bertz CT molecular complexity index is 700. The highest BCUT2D eigenvalue weighted by molar-refractivity contribution is 5.85. The van der Waals surface area contributed by atoms with E-state index in [1.54, 1.807) is 12.5 Å². The van der Waals surface area contributed by atoms with Crippen molar-refractivity contribution in [3.63, 3.8) is 0 Å². The first-order valence-corrected chi connectivity index (χ1v) is 6.66. The van der Waals surface area contributed by atoms with Crippen molar-refractivity contribution in [1.82, 2.24) is 4.90 Å². The largest absolute Gasteiger partial charge is 0.465 e. The van der Waals surface area contributed by atoms with Gasteiger partial charge in [-0.2, -0.15) is 0 Å². The topological polar surface area (TPSA) is 29.5 Å². The number of nitrogens with zero attached hydrogens (tertiary/aromatic N) is 1. The van der Waals surface area contributed by atoms with Gasteiger partial charge < -0.3 is 8.83 Å². The van der Waals surface area contributed by atoms with Gasteiger partial charge in [0.25, 0.3) is 0 Å². The van der Waals surface area contributed by atoms with Crippen LogP contribution < -0.4 is 0 Å². The monoisotopic (exact) mass is 303 g/mol. The lowest BCUT2D eigenvalue weighted by molar-refractivity contribution is 0.363. The fraction of sp³-hybridized carbons (Fsp3) is 0.176. The van der Waals surface area contributed by atoms with Gasteiger partial charge >= 0.3 is 0 Å². The minimum absolute atomic E-state index is 0. The molecular weight excluding hydrogens is 286 g/mol. The van der Waals surface area contributed by atoms with Crippen molar-refractivity contribution in [2.45, 2.75) is 6.54 Å².